The zero-order chi connectivity index (χ0) is 16.9. The van der Waals surface area contributed by atoms with Gasteiger partial charge >= 0.3 is 5.97 Å². The molecule has 1 unspecified atom stereocenters. The molecule has 0 amide bonds. The number of aromatic nitrogens is 2. The lowest BCUT2D eigenvalue weighted by molar-refractivity contribution is -0.138. The molecule has 138 valence electrons. The fraction of sp³-hybridized carbons (Fsp3) is 0.562. The van der Waals surface area contributed by atoms with Gasteiger partial charge in [-0.15, -0.1) is 12.4 Å². The molecule has 2 aromatic heterocycles. The molecule has 9 heteroatoms. The molecule has 0 aliphatic carbocycles. The summed E-state index contributed by atoms with van der Waals surface area (Å²) < 4.78 is 5.37. The van der Waals surface area contributed by atoms with Gasteiger partial charge in [-0.1, -0.05) is 5.16 Å². The molecule has 2 aromatic rings. The molecule has 1 fully saturated rings. The number of hydrogen-bond acceptors (Lipinski definition) is 7. The number of aliphatic carboxylic acids is 1. The van der Waals surface area contributed by atoms with Crippen molar-refractivity contribution in [1.29, 1.82) is 0 Å². The number of nitrogens with zero attached hydrogens (tertiary/aromatic N) is 4. The van der Waals surface area contributed by atoms with Crippen molar-refractivity contribution in [2.45, 2.75) is 31.8 Å². The van der Waals surface area contributed by atoms with Crippen LogP contribution < -0.4 is 0 Å². The summed E-state index contributed by atoms with van der Waals surface area (Å²) in [4.78, 5) is 19.6. The minimum atomic E-state index is -0.773. The second kappa shape index (κ2) is 9.28. The number of likely N-dealkylation sites (N-methyl/N-ethyl adjacent to an activating group) is 1. The summed E-state index contributed by atoms with van der Waals surface area (Å²) in [7, 11) is 1.89. The third-order valence-corrected chi connectivity index (χ3v) is 5.09. The maximum absolute atomic E-state index is 10.9. The molecule has 0 saturated carbocycles. The normalized spacial score (nSPS) is 18.7. The van der Waals surface area contributed by atoms with Gasteiger partial charge in [-0.25, -0.2) is 0 Å². The van der Waals surface area contributed by atoms with E-state index in [0.29, 0.717) is 24.3 Å². The zero-order valence-corrected chi connectivity index (χ0v) is 15.8. The summed E-state index contributed by atoms with van der Waals surface area (Å²) in [6, 6.07) is 2.30. The van der Waals surface area contributed by atoms with Crippen LogP contribution in [0.3, 0.4) is 0 Å². The third kappa shape index (κ3) is 5.50. The molecule has 1 aliphatic rings. The average molecular weight is 387 g/mol. The number of thiophene rings is 1. The van der Waals surface area contributed by atoms with Gasteiger partial charge in [-0.3, -0.25) is 14.6 Å². The van der Waals surface area contributed by atoms with Gasteiger partial charge in [0.2, 0.25) is 11.7 Å². The van der Waals surface area contributed by atoms with E-state index in [4.69, 9.17) is 9.63 Å². The first-order chi connectivity index (χ1) is 11.6. The zero-order valence-electron chi connectivity index (χ0n) is 14.1. The van der Waals surface area contributed by atoms with Gasteiger partial charge in [0, 0.05) is 23.5 Å². The Morgan fingerprint density at radius 3 is 3.04 bits per heavy atom. The Balaban J connectivity index is 0.00000225. The van der Waals surface area contributed by atoms with Crippen LogP contribution in [0.1, 0.15) is 25.2 Å². The van der Waals surface area contributed by atoms with E-state index in [0.717, 1.165) is 37.9 Å². The van der Waals surface area contributed by atoms with E-state index in [-0.39, 0.29) is 19.0 Å². The van der Waals surface area contributed by atoms with Crippen molar-refractivity contribution in [3.8, 4) is 11.4 Å². The number of halogens is 1. The van der Waals surface area contributed by atoms with Crippen molar-refractivity contribution in [3.05, 3.63) is 22.7 Å². The lowest BCUT2D eigenvalue weighted by Crippen LogP contribution is -2.36. The van der Waals surface area contributed by atoms with Gasteiger partial charge in [0.15, 0.2) is 0 Å². The van der Waals surface area contributed by atoms with E-state index in [1.165, 1.54) is 0 Å². The van der Waals surface area contributed by atoms with Crippen LogP contribution in [0, 0.1) is 0 Å². The van der Waals surface area contributed by atoms with Gasteiger partial charge in [-0.05, 0) is 44.3 Å². The average Bonchev–Trinajstić information content (AvgIpc) is 3.15. The summed E-state index contributed by atoms with van der Waals surface area (Å²) in [5.41, 5.74) is 0.987. The highest BCUT2D eigenvalue weighted by Crippen LogP contribution is 2.20. The van der Waals surface area contributed by atoms with Crippen LogP contribution in [0.2, 0.25) is 0 Å². The summed E-state index contributed by atoms with van der Waals surface area (Å²) in [5.74, 6) is 0.499. The Morgan fingerprint density at radius 2 is 2.32 bits per heavy atom. The van der Waals surface area contributed by atoms with Crippen molar-refractivity contribution in [2.75, 3.05) is 26.7 Å². The molecule has 1 atom stereocenters. The molecule has 0 spiro atoms. The molecular weight excluding hydrogens is 364 g/mol. The first-order valence-electron chi connectivity index (χ1n) is 8.11. The largest absolute Gasteiger partial charge is 0.480 e. The van der Waals surface area contributed by atoms with Crippen LogP contribution in [0.15, 0.2) is 21.3 Å². The van der Waals surface area contributed by atoms with Crippen molar-refractivity contribution in [3.63, 3.8) is 0 Å². The molecule has 3 heterocycles. The van der Waals surface area contributed by atoms with Crippen LogP contribution in [-0.2, 0) is 11.3 Å². The lowest BCUT2D eigenvalue weighted by Gasteiger charge is -2.25. The van der Waals surface area contributed by atoms with Gasteiger partial charge in [0.05, 0.1) is 13.1 Å². The van der Waals surface area contributed by atoms with Crippen LogP contribution in [0.25, 0.3) is 11.4 Å². The fourth-order valence-electron chi connectivity index (χ4n) is 3.10. The van der Waals surface area contributed by atoms with E-state index >= 15 is 0 Å². The quantitative estimate of drug-likeness (QED) is 0.816. The summed E-state index contributed by atoms with van der Waals surface area (Å²) >= 11 is 1.61. The minimum Gasteiger partial charge on any atom is -0.480 e. The molecule has 7 nitrogen and oxygen atoms in total. The van der Waals surface area contributed by atoms with Crippen LogP contribution >= 0.6 is 23.7 Å². The SMILES string of the molecule is CN(CC(=O)O)C1CCCN(Cc2nc(-c3ccsc3)no2)CC1.Cl. The number of carbonyl (C=O) groups is 1. The summed E-state index contributed by atoms with van der Waals surface area (Å²) in [5, 5.41) is 17.0. The Morgan fingerprint density at radius 1 is 1.48 bits per heavy atom. The standard InChI is InChI=1S/C16H22N4O3S.ClH/c1-19(10-15(21)22)13-3-2-6-20(7-4-13)9-14-17-16(18-23-14)12-5-8-24-11-12;/h5,8,11,13H,2-4,6-7,9-10H2,1H3,(H,21,22);1H. The maximum Gasteiger partial charge on any atom is 0.317 e. The highest BCUT2D eigenvalue weighted by molar-refractivity contribution is 7.08. The minimum absolute atomic E-state index is 0. The molecule has 1 N–H and O–H groups in total. The van der Waals surface area contributed by atoms with Gasteiger partial charge in [0.25, 0.3) is 0 Å². The lowest BCUT2D eigenvalue weighted by atomic mass is 10.1. The molecule has 25 heavy (non-hydrogen) atoms. The van der Waals surface area contributed by atoms with E-state index in [1.807, 2.05) is 28.8 Å². The number of carboxylic acids is 1. The number of likely N-dealkylation sites (tertiary alicyclic amines) is 1. The molecule has 3 rings (SSSR count). The number of hydrogen-bond donors (Lipinski definition) is 1. The van der Waals surface area contributed by atoms with Crippen molar-refractivity contribution in [1.82, 2.24) is 19.9 Å². The predicted molar refractivity (Wildman–Crippen MR) is 98.0 cm³/mol. The maximum atomic E-state index is 10.9. The van der Waals surface area contributed by atoms with E-state index in [2.05, 4.69) is 15.0 Å². The molecule has 0 aromatic carbocycles. The second-order valence-corrected chi connectivity index (χ2v) is 6.97. The van der Waals surface area contributed by atoms with Crippen LogP contribution in [-0.4, -0.2) is 63.7 Å². The summed E-state index contributed by atoms with van der Waals surface area (Å²) in [6.07, 6.45) is 3.01. The number of carboxylic acid groups (broad SMARTS) is 1. The monoisotopic (exact) mass is 386 g/mol. The fourth-order valence-corrected chi connectivity index (χ4v) is 3.73. The van der Waals surface area contributed by atoms with Gasteiger partial charge in [0.1, 0.15) is 0 Å². The Labute approximate surface area is 157 Å². The van der Waals surface area contributed by atoms with E-state index < -0.39 is 5.97 Å². The Kier molecular flexibility index (Phi) is 7.37. The highest BCUT2D eigenvalue weighted by Gasteiger charge is 2.22. The van der Waals surface area contributed by atoms with Crippen LogP contribution in [0.5, 0.6) is 0 Å². The molecule has 1 saturated heterocycles. The van der Waals surface area contributed by atoms with Crippen molar-refractivity contribution < 1.29 is 14.4 Å². The van der Waals surface area contributed by atoms with Crippen LogP contribution in [0.4, 0.5) is 0 Å². The molecular formula is C16H23ClN4O3S. The first kappa shape index (κ1) is 19.8. The first-order valence-corrected chi connectivity index (χ1v) is 9.05. The smallest absolute Gasteiger partial charge is 0.317 e. The molecule has 0 radical (unpaired) electrons. The van der Waals surface area contributed by atoms with E-state index in [1.54, 1.807) is 11.3 Å². The van der Waals surface area contributed by atoms with E-state index in [9.17, 15) is 4.79 Å². The number of rotatable bonds is 6. The topological polar surface area (TPSA) is 82.7 Å². The Bertz CT molecular complexity index is 664. The Hall–Kier alpha value is -1.48. The predicted octanol–water partition coefficient (Wildman–Crippen LogP) is 2.59. The van der Waals surface area contributed by atoms with Gasteiger partial charge in [-0.2, -0.15) is 16.3 Å². The van der Waals surface area contributed by atoms with Crippen molar-refractivity contribution in [2.24, 2.45) is 0 Å². The molecule has 0 bridgehead atoms. The third-order valence-electron chi connectivity index (χ3n) is 4.40. The highest BCUT2D eigenvalue weighted by atomic mass is 35.5. The molecule has 1 aliphatic heterocycles. The van der Waals surface area contributed by atoms with Gasteiger partial charge < -0.3 is 9.63 Å². The summed E-state index contributed by atoms with van der Waals surface area (Å²) in [6.45, 7) is 2.61. The second-order valence-electron chi connectivity index (χ2n) is 6.19. The van der Waals surface area contributed by atoms with Crippen molar-refractivity contribution >= 4 is 29.7 Å².